The fourth-order valence-electron chi connectivity index (χ4n) is 4.05. The molecular weight excluding hydrogens is 473 g/mol. The van der Waals surface area contributed by atoms with Gasteiger partial charge in [0.2, 0.25) is 0 Å². The van der Waals surface area contributed by atoms with Crippen LogP contribution in [0.3, 0.4) is 0 Å². The Morgan fingerprint density at radius 1 is 1.11 bits per heavy atom. The number of aliphatic hydroxyl groups is 1. The molecule has 2 N–H and O–H groups in total. The van der Waals surface area contributed by atoms with Crippen molar-refractivity contribution in [2.45, 2.75) is 44.9 Å². The highest BCUT2D eigenvalue weighted by molar-refractivity contribution is 6.30. The Labute approximate surface area is 205 Å². The SMILES string of the molecule is C[C@@](O)(Cn1nncc1CCCCn1ccc(=O)[nH]c1=O)c1ccc(Cl)cc1-c1ccc(F)cc1. The Bertz CT molecular complexity index is 1430. The van der Waals surface area contributed by atoms with E-state index >= 15 is 0 Å². The fourth-order valence-corrected chi connectivity index (χ4v) is 4.22. The zero-order valence-corrected chi connectivity index (χ0v) is 19.9. The van der Waals surface area contributed by atoms with Crippen LogP contribution in [-0.4, -0.2) is 29.7 Å². The summed E-state index contributed by atoms with van der Waals surface area (Å²) >= 11 is 6.23. The largest absolute Gasteiger partial charge is 0.383 e. The highest BCUT2D eigenvalue weighted by Crippen LogP contribution is 2.35. The van der Waals surface area contributed by atoms with Gasteiger partial charge < -0.3 is 9.67 Å². The molecule has 0 spiro atoms. The van der Waals surface area contributed by atoms with Crippen LogP contribution in [0.1, 0.15) is 31.0 Å². The quantitative estimate of drug-likeness (QED) is 0.344. The third kappa shape index (κ3) is 5.93. The molecule has 0 saturated heterocycles. The molecule has 10 heteroatoms. The number of nitrogens with one attached hydrogen (secondary N) is 1. The van der Waals surface area contributed by atoms with Crippen molar-refractivity contribution in [1.29, 1.82) is 0 Å². The fraction of sp³-hybridized carbons (Fsp3) is 0.280. The second-order valence-electron chi connectivity index (χ2n) is 8.61. The Balaban J connectivity index is 1.47. The molecule has 4 aromatic rings. The van der Waals surface area contributed by atoms with E-state index in [0.717, 1.165) is 17.7 Å². The minimum atomic E-state index is -1.32. The number of halogens is 2. The highest BCUT2D eigenvalue weighted by Gasteiger charge is 2.28. The van der Waals surface area contributed by atoms with Crippen LogP contribution >= 0.6 is 11.6 Å². The Morgan fingerprint density at radius 3 is 2.63 bits per heavy atom. The van der Waals surface area contributed by atoms with Crippen LogP contribution in [0.2, 0.25) is 5.02 Å². The highest BCUT2D eigenvalue weighted by atomic mass is 35.5. The third-order valence-electron chi connectivity index (χ3n) is 5.85. The summed E-state index contributed by atoms with van der Waals surface area (Å²) in [6.07, 6.45) is 5.24. The second-order valence-corrected chi connectivity index (χ2v) is 9.05. The first kappa shape index (κ1) is 24.6. The predicted molar refractivity (Wildman–Crippen MR) is 131 cm³/mol. The Hall–Kier alpha value is -3.56. The van der Waals surface area contributed by atoms with Gasteiger partial charge in [-0.3, -0.25) is 9.78 Å². The number of aromatic amines is 1. The summed E-state index contributed by atoms with van der Waals surface area (Å²) in [5.41, 5.74) is 0.747. The molecule has 4 rings (SSSR count). The Morgan fingerprint density at radius 2 is 1.89 bits per heavy atom. The molecule has 2 aromatic heterocycles. The van der Waals surface area contributed by atoms with Crippen molar-refractivity contribution in [2.75, 3.05) is 0 Å². The molecule has 0 aliphatic heterocycles. The molecule has 2 heterocycles. The molecule has 0 saturated carbocycles. The first-order valence-corrected chi connectivity index (χ1v) is 11.6. The lowest BCUT2D eigenvalue weighted by Crippen LogP contribution is -2.30. The number of unbranched alkanes of at least 4 members (excludes halogenated alkanes) is 1. The van der Waals surface area contributed by atoms with Gasteiger partial charge in [0.25, 0.3) is 5.56 Å². The van der Waals surface area contributed by atoms with Gasteiger partial charge in [-0.2, -0.15) is 0 Å². The summed E-state index contributed by atoms with van der Waals surface area (Å²) in [5.74, 6) is -0.346. The van der Waals surface area contributed by atoms with Gasteiger partial charge in [-0.25, -0.2) is 13.9 Å². The van der Waals surface area contributed by atoms with Gasteiger partial charge in [0.05, 0.1) is 18.4 Å². The summed E-state index contributed by atoms with van der Waals surface area (Å²) in [5, 5.41) is 20.1. The molecule has 0 fully saturated rings. The number of hydrogen-bond donors (Lipinski definition) is 2. The molecule has 0 aliphatic carbocycles. The first-order valence-electron chi connectivity index (χ1n) is 11.2. The average Bonchev–Trinajstić information content (AvgIpc) is 3.24. The summed E-state index contributed by atoms with van der Waals surface area (Å²) in [6.45, 7) is 2.32. The van der Waals surface area contributed by atoms with Crippen LogP contribution in [0.15, 0.2) is 70.5 Å². The van der Waals surface area contributed by atoms with Gasteiger partial charge in [-0.1, -0.05) is 35.0 Å². The number of hydrogen-bond acceptors (Lipinski definition) is 5. The van der Waals surface area contributed by atoms with E-state index in [2.05, 4.69) is 15.3 Å². The zero-order chi connectivity index (χ0) is 25.0. The van der Waals surface area contributed by atoms with Crippen LogP contribution in [0.4, 0.5) is 4.39 Å². The van der Waals surface area contributed by atoms with Gasteiger partial charge in [-0.15, -0.1) is 5.10 Å². The minimum Gasteiger partial charge on any atom is -0.383 e. The summed E-state index contributed by atoms with van der Waals surface area (Å²) in [4.78, 5) is 25.2. The molecule has 0 unspecified atom stereocenters. The van der Waals surface area contributed by atoms with E-state index in [-0.39, 0.29) is 12.4 Å². The van der Waals surface area contributed by atoms with Crippen molar-refractivity contribution in [3.05, 3.63) is 104 Å². The van der Waals surface area contributed by atoms with Gasteiger partial charge in [-0.05, 0) is 67.1 Å². The first-order chi connectivity index (χ1) is 16.7. The van der Waals surface area contributed by atoms with Crippen LogP contribution in [0.25, 0.3) is 11.1 Å². The van der Waals surface area contributed by atoms with Crippen LogP contribution in [0, 0.1) is 5.82 Å². The Kier molecular flexibility index (Phi) is 7.28. The van der Waals surface area contributed by atoms with E-state index in [1.807, 2.05) is 0 Å². The average molecular weight is 498 g/mol. The number of aryl methyl sites for hydroxylation is 2. The van der Waals surface area contributed by atoms with E-state index in [1.54, 1.807) is 48.1 Å². The maximum absolute atomic E-state index is 13.4. The van der Waals surface area contributed by atoms with Crippen LogP contribution < -0.4 is 11.2 Å². The van der Waals surface area contributed by atoms with E-state index in [4.69, 9.17) is 11.6 Å². The predicted octanol–water partition coefficient (Wildman–Crippen LogP) is 3.52. The lowest BCUT2D eigenvalue weighted by Gasteiger charge is -2.27. The lowest BCUT2D eigenvalue weighted by atomic mass is 9.88. The molecule has 1 atom stereocenters. The van der Waals surface area contributed by atoms with Gasteiger partial charge in [0.1, 0.15) is 11.4 Å². The molecular formula is C25H25ClFN5O3. The van der Waals surface area contributed by atoms with E-state index in [1.165, 1.54) is 29.0 Å². The van der Waals surface area contributed by atoms with Gasteiger partial charge in [0, 0.05) is 23.8 Å². The van der Waals surface area contributed by atoms with E-state index in [9.17, 15) is 19.1 Å². The van der Waals surface area contributed by atoms with E-state index < -0.39 is 16.9 Å². The standard InChI is InChI=1S/C25H25ClFN5O3/c1-25(35,22-10-7-18(26)14-21(22)17-5-8-19(27)9-6-17)16-32-20(15-28-30-32)4-2-3-12-31-13-11-23(33)29-24(31)34/h5-11,13-15,35H,2-4,12,16H2,1H3,(H,29,33,34)/t25-/m1/s1. The smallest absolute Gasteiger partial charge is 0.328 e. The van der Waals surface area contributed by atoms with Crippen molar-refractivity contribution >= 4 is 11.6 Å². The van der Waals surface area contributed by atoms with Crippen molar-refractivity contribution in [3.63, 3.8) is 0 Å². The maximum Gasteiger partial charge on any atom is 0.328 e. The van der Waals surface area contributed by atoms with Crippen LogP contribution in [0.5, 0.6) is 0 Å². The number of benzene rings is 2. The molecule has 0 radical (unpaired) electrons. The maximum atomic E-state index is 13.4. The molecule has 182 valence electrons. The molecule has 35 heavy (non-hydrogen) atoms. The van der Waals surface area contributed by atoms with Crippen molar-refractivity contribution in [2.24, 2.45) is 0 Å². The normalized spacial score (nSPS) is 13.0. The second kappa shape index (κ2) is 10.4. The molecule has 0 aliphatic rings. The van der Waals surface area contributed by atoms with Crippen molar-refractivity contribution in [3.8, 4) is 11.1 Å². The summed E-state index contributed by atoms with van der Waals surface area (Å²) < 4.78 is 16.6. The topological polar surface area (TPSA) is 106 Å². The van der Waals surface area contributed by atoms with Crippen LogP contribution in [-0.2, 0) is 25.1 Å². The number of aromatic nitrogens is 5. The minimum absolute atomic E-state index is 0.150. The van der Waals surface area contributed by atoms with Crippen molar-refractivity contribution < 1.29 is 9.50 Å². The third-order valence-corrected chi connectivity index (χ3v) is 6.09. The van der Waals surface area contributed by atoms with E-state index in [0.29, 0.717) is 35.5 Å². The number of nitrogens with zero attached hydrogens (tertiary/aromatic N) is 4. The monoisotopic (exact) mass is 497 g/mol. The summed E-state index contributed by atoms with van der Waals surface area (Å²) in [7, 11) is 0. The summed E-state index contributed by atoms with van der Waals surface area (Å²) in [6, 6.07) is 12.6. The number of rotatable bonds is 9. The lowest BCUT2D eigenvalue weighted by molar-refractivity contribution is 0.0337. The van der Waals surface area contributed by atoms with Crippen molar-refractivity contribution in [1.82, 2.24) is 24.5 Å². The van der Waals surface area contributed by atoms with Gasteiger partial charge in [0.15, 0.2) is 0 Å². The zero-order valence-electron chi connectivity index (χ0n) is 19.1. The molecule has 0 amide bonds. The molecule has 8 nitrogen and oxygen atoms in total. The van der Waals surface area contributed by atoms with Gasteiger partial charge >= 0.3 is 5.69 Å². The molecule has 0 bridgehead atoms. The molecule has 2 aromatic carbocycles. The number of H-pyrrole nitrogens is 1.